The maximum Gasteiger partial charge on any atom is 0.261 e. The van der Waals surface area contributed by atoms with Crippen molar-refractivity contribution in [3.05, 3.63) is 33.8 Å². The van der Waals surface area contributed by atoms with Gasteiger partial charge in [-0.05, 0) is 52.4 Å². The highest BCUT2D eigenvalue weighted by Gasteiger charge is 2.36. The molecule has 19 heavy (non-hydrogen) atoms. The summed E-state index contributed by atoms with van der Waals surface area (Å²) >= 11 is 3.40. The van der Waals surface area contributed by atoms with Gasteiger partial charge in [-0.15, -0.1) is 0 Å². The van der Waals surface area contributed by atoms with E-state index < -0.39 is 0 Å². The zero-order chi connectivity index (χ0) is 14.2. The van der Waals surface area contributed by atoms with E-state index in [2.05, 4.69) is 29.8 Å². The largest absolute Gasteiger partial charge is 0.278 e. The predicted molar refractivity (Wildman–Crippen MR) is 77.9 cm³/mol. The first kappa shape index (κ1) is 14.3. The SMILES string of the molecule is Cc1ccc(C(=O)N2CC(C(C)C)CC2=O)c(Br)c1. The molecule has 1 fully saturated rings. The number of carbonyl (C=O) groups is 2. The molecule has 4 heteroatoms. The van der Waals surface area contributed by atoms with Gasteiger partial charge in [0.1, 0.15) is 0 Å². The van der Waals surface area contributed by atoms with Crippen LogP contribution in [0.5, 0.6) is 0 Å². The molecule has 1 aliphatic rings. The normalized spacial score (nSPS) is 19.3. The van der Waals surface area contributed by atoms with E-state index in [4.69, 9.17) is 0 Å². The molecule has 3 nitrogen and oxygen atoms in total. The van der Waals surface area contributed by atoms with Crippen LogP contribution in [-0.4, -0.2) is 23.3 Å². The van der Waals surface area contributed by atoms with Crippen molar-refractivity contribution in [2.45, 2.75) is 27.2 Å². The standard InChI is InChI=1S/C15H18BrNO2/c1-9(2)11-7-14(18)17(8-11)15(19)12-5-4-10(3)6-13(12)16/h4-6,9,11H,7-8H2,1-3H3. The zero-order valence-corrected chi connectivity index (χ0v) is 13.0. The summed E-state index contributed by atoms with van der Waals surface area (Å²) in [4.78, 5) is 25.8. The first-order valence-electron chi connectivity index (χ1n) is 6.51. The number of carbonyl (C=O) groups excluding carboxylic acids is 2. The van der Waals surface area contributed by atoms with Crippen molar-refractivity contribution in [1.29, 1.82) is 0 Å². The Balaban J connectivity index is 2.23. The third-order valence-electron chi connectivity index (χ3n) is 3.70. The molecular weight excluding hydrogens is 306 g/mol. The fourth-order valence-corrected chi connectivity index (χ4v) is 2.98. The average Bonchev–Trinajstić information content (AvgIpc) is 2.71. The van der Waals surface area contributed by atoms with Gasteiger partial charge in [0.15, 0.2) is 0 Å². The molecule has 0 aliphatic carbocycles. The molecule has 2 rings (SSSR count). The van der Waals surface area contributed by atoms with Gasteiger partial charge in [0.2, 0.25) is 5.91 Å². The first-order valence-corrected chi connectivity index (χ1v) is 7.30. The molecule has 1 aliphatic heterocycles. The van der Waals surface area contributed by atoms with Gasteiger partial charge in [0, 0.05) is 17.4 Å². The van der Waals surface area contributed by atoms with Crippen LogP contribution in [-0.2, 0) is 4.79 Å². The maximum absolute atomic E-state index is 12.4. The van der Waals surface area contributed by atoms with Crippen LogP contribution < -0.4 is 0 Å². The summed E-state index contributed by atoms with van der Waals surface area (Å²) in [7, 11) is 0. The van der Waals surface area contributed by atoms with Crippen molar-refractivity contribution in [1.82, 2.24) is 4.90 Å². The van der Waals surface area contributed by atoms with E-state index in [-0.39, 0.29) is 17.7 Å². The number of amides is 2. The second-order valence-corrected chi connectivity index (χ2v) is 6.36. The number of nitrogens with zero attached hydrogens (tertiary/aromatic N) is 1. The third kappa shape index (κ3) is 2.89. The number of aryl methyl sites for hydroxylation is 1. The van der Waals surface area contributed by atoms with E-state index in [0.29, 0.717) is 24.4 Å². The van der Waals surface area contributed by atoms with Crippen LogP contribution in [0.2, 0.25) is 0 Å². The molecule has 102 valence electrons. The Labute approximate surface area is 122 Å². The summed E-state index contributed by atoms with van der Waals surface area (Å²) in [5, 5.41) is 0. The number of benzene rings is 1. The first-order chi connectivity index (χ1) is 8.90. The Morgan fingerprint density at radius 2 is 2.11 bits per heavy atom. The van der Waals surface area contributed by atoms with Crippen LogP contribution in [0, 0.1) is 18.8 Å². The third-order valence-corrected chi connectivity index (χ3v) is 4.35. The molecule has 0 radical (unpaired) electrons. The van der Waals surface area contributed by atoms with Gasteiger partial charge >= 0.3 is 0 Å². The van der Waals surface area contributed by atoms with Crippen molar-refractivity contribution in [2.24, 2.45) is 11.8 Å². The molecule has 0 bridgehead atoms. The van der Waals surface area contributed by atoms with Gasteiger partial charge in [-0.25, -0.2) is 0 Å². The van der Waals surface area contributed by atoms with Crippen LogP contribution in [0.15, 0.2) is 22.7 Å². The molecule has 2 amide bonds. The molecular formula is C15H18BrNO2. The Bertz CT molecular complexity index is 525. The van der Waals surface area contributed by atoms with E-state index in [1.165, 1.54) is 4.90 Å². The summed E-state index contributed by atoms with van der Waals surface area (Å²) in [6, 6.07) is 5.56. The summed E-state index contributed by atoms with van der Waals surface area (Å²) in [6.07, 6.45) is 0.479. The van der Waals surface area contributed by atoms with E-state index in [9.17, 15) is 9.59 Å². The maximum atomic E-state index is 12.4. The number of imide groups is 1. The van der Waals surface area contributed by atoms with Gasteiger partial charge in [0.05, 0.1) is 5.56 Å². The van der Waals surface area contributed by atoms with Crippen molar-refractivity contribution in [3.8, 4) is 0 Å². The molecule has 0 saturated carbocycles. The molecule has 1 saturated heterocycles. The molecule has 0 aromatic heterocycles. The summed E-state index contributed by atoms with van der Waals surface area (Å²) in [5.74, 6) is 0.445. The molecule has 1 unspecified atom stereocenters. The van der Waals surface area contributed by atoms with Gasteiger partial charge in [0.25, 0.3) is 5.91 Å². The van der Waals surface area contributed by atoms with E-state index >= 15 is 0 Å². The smallest absolute Gasteiger partial charge is 0.261 e. The van der Waals surface area contributed by atoms with Crippen LogP contribution in [0.25, 0.3) is 0 Å². The molecule has 0 spiro atoms. The Morgan fingerprint density at radius 3 is 2.63 bits per heavy atom. The quantitative estimate of drug-likeness (QED) is 0.782. The monoisotopic (exact) mass is 323 g/mol. The van der Waals surface area contributed by atoms with Crippen LogP contribution in [0.1, 0.15) is 36.2 Å². The fraction of sp³-hybridized carbons (Fsp3) is 0.467. The second-order valence-electron chi connectivity index (χ2n) is 5.50. The van der Waals surface area contributed by atoms with Crippen molar-refractivity contribution < 1.29 is 9.59 Å². The van der Waals surface area contributed by atoms with Crippen LogP contribution >= 0.6 is 15.9 Å². The summed E-state index contributed by atoms with van der Waals surface area (Å²) < 4.78 is 0.748. The lowest BCUT2D eigenvalue weighted by Gasteiger charge is -2.17. The summed E-state index contributed by atoms with van der Waals surface area (Å²) in [5.41, 5.74) is 1.64. The Kier molecular flexibility index (Phi) is 4.09. The van der Waals surface area contributed by atoms with Gasteiger partial charge < -0.3 is 0 Å². The highest BCUT2D eigenvalue weighted by atomic mass is 79.9. The van der Waals surface area contributed by atoms with Gasteiger partial charge in [-0.1, -0.05) is 19.9 Å². The molecule has 1 atom stereocenters. The Morgan fingerprint density at radius 1 is 1.42 bits per heavy atom. The highest BCUT2D eigenvalue weighted by Crippen LogP contribution is 2.28. The number of hydrogen-bond donors (Lipinski definition) is 0. The van der Waals surface area contributed by atoms with Crippen molar-refractivity contribution in [2.75, 3.05) is 6.54 Å². The molecule has 1 heterocycles. The topological polar surface area (TPSA) is 37.4 Å². The van der Waals surface area contributed by atoms with Crippen molar-refractivity contribution in [3.63, 3.8) is 0 Å². The van der Waals surface area contributed by atoms with Gasteiger partial charge in [-0.3, -0.25) is 14.5 Å². The zero-order valence-electron chi connectivity index (χ0n) is 11.4. The number of likely N-dealkylation sites (tertiary alicyclic amines) is 1. The van der Waals surface area contributed by atoms with Crippen LogP contribution in [0.3, 0.4) is 0 Å². The van der Waals surface area contributed by atoms with E-state index in [0.717, 1.165) is 10.0 Å². The number of hydrogen-bond acceptors (Lipinski definition) is 2. The molecule has 1 aromatic rings. The lowest BCUT2D eigenvalue weighted by atomic mass is 9.95. The molecule has 1 aromatic carbocycles. The lowest BCUT2D eigenvalue weighted by molar-refractivity contribution is -0.125. The lowest BCUT2D eigenvalue weighted by Crippen LogP contribution is -2.33. The minimum Gasteiger partial charge on any atom is -0.278 e. The molecule has 0 N–H and O–H groups in total. The van der Waals surface area contributed by atoms with Crippen LogP contribution in [0.4, 0.5) is 0 Å². The number of halogens is 1. The summed E-state index contributed by atoms with van der Waals surface area (Å²) in [6.45, 7) is 6.69. The fourth-order valence-electron chi connectivity index (χ4n) is 2.32. The van der Waals surface area contributed by atoms with Gasteiger partial charge in [-0.2, -0.15) is 0 Å². The minimum atomic E-state index is -0.194. The minimum absolute atomic E-state index is 0.0591. The van der Waals surface area contributed by atoms with Crippen molar-refractivity contribution >= 4 is 27.7 Å². The Hall–Kier alpha value is -1.16. The average molecular weight is 324 g/mol. The van der Waals surface area contributed by atoms with E-state index in [1.54, 1.807) is 6.07 Å². The second kappa shape index (κ2) is 5.45. The predicted octanol–water partition coefficient (Wildman–Crippen LogP) is 3.40. The van der Waals surface area contributed by atoms with E-state index in [1.807, 2.05) is 19.1 Å². The highest BCUT2D eigenvalue weighted by molar-refractivity contribution is 9.10. The number of rotatable bonds is 2.